The first-order valence-corrected chi connectivity index (χ1v) is 4.80. The molecule has 1 N–H and O–H groups in total. The van der Waals surface area contributed by atoms with E-state index < -0.39 is 11.5 Å². The normalized spacial score (nSPS) is 44.7. The molecule has 0 spiro atoms. The summed E-state index contributed by atoms with van der Waals surface area (Å²) in [5, 5.41) is 8.92. The van der Waals surface area contributed by atoms with E-state index in [1.165, 1.54) is 0 Å². The predicted octanol–water partition coefficient (Wildman–Crippen LogP) is 1.20. The van der Waals surface area contributed by atoms with Crippen molar-refractivity contribution in [1.29, 1.82) is 0 Å². The van der Waals surface area contributed by atoms with E-state index in [1.54, 1.807) is 0 Å². The second kappa shape index (κ2) is 4.15. The Balaban J connectivity index is 2.53. The van der Waals surface area contributed by atoms with Crippen molar-refractivity contribution in [2.45, 2.75) is 23.7 Å². The van der Waals surface area contributed by atoms with Crippen LogP contribution in [0.1, 0.15) is 0 Å². The van der Waals surface area contributed by atoms with Gasteiger partial charge in [0, 0.05) is 0 Å². The van der Waals surface area contributed by atoms with Gasteiger partial charge in [-0.2, -0.15) is 0 Å². The minimum Gasteiger partial charge on any atom is -0.389 e. The van der Waals surface area contributed by atoms with Crippen LogP contribution in [0, 0.1) is 0 Å². The van der Waals surface area contributed by atoms with Gasteiger partial charge in [-0.05, 0) is 0 Å². The minimum absolute atomic E-state index is 0.248. The largest absolute Gasteiger partial charge is 0.389 e. The summed E-state index contributed by atoms with van der Waals surface area (Å²) in [4.78, 5) is 0. The summed E-state index contributed by atoms with van der Waals surface area (Å²) in [5.74, 6) is 0.538. The lowest BCUT2D eigenvalue weighted by Crippen LogP contribution is -2.29. The summed E-state index contributed by atoms with van der Waals surface area (Å²) in [6.45, 7) is 0. The highest BCUT2D eigenvalue weighted by Crippen LogP contribution is 2.27. The molecule has 4 atom stereocenters. The highest BCUT2D eigenvalue weighted by atomic mass is 35.5. The van der Waals surface area contributed by atoms with Gasteiger partial charge >= 0.3 is 0 Å². The van der Waals surface area contributed by atoms with Crippen molar-refractivity contribution in [2.24, 2.45) is 0 Å². The molecule has 0 aromatic carbocycles. The van der Waals surface area contributed by atoms with Crippen molar-refractivity contribution in [1.82, 2.24) is 0 Å². The third-order valence-corrected chi connectivity index (χ3v) is 2.86. The van der Waals surface area contributed by atoms with Crippen LogP contribution in [0.2, 0.25) is 0 Å². The third kappa shape index (κ3) is 1.93. The molecule has 1 rings (SSSR count). The zero-order valence-electron chi connectivity index (χ0n) is 5.71. The quantitative estimate of drug-likeness (QED) is 0.707. The summed E-state index contributed by atoms with van der Waals surface area (Å²) >= 11 is 16.8. The van der Waals surface area contributed by atoms with Crippen molar-refractivity contribution in [3.05, 3.63) is 0 Å². The highest BCUT2D eigenvalue weighted by Gasteiger charge is 2.41. The van der Waals surface area contributed by atoms with Crippen molar-refractivity contribution < 1.29 is 9.84 Å². The minimum atomic E-state index is -0.696. The number of aliphatic hydroxyl groups excluding tert-OH is 1. The first-order chi connectivity index (χ1) is 5.20. The molecule has 11 heavy (non-hydrogen) atoms. The molecule has 1 unspecified atom stereocenters. The van der Waals surface area contributed by atoms with Crippen LogP contribution < -0.4 is 0 Å². The number of halogens is 3. The highest BCUT2D eigenvalue weighted by molar-refractivity contribution is 6.24. The van der Waals surface area contributed by atoms with Crippen LogP contribution in [0.5, 0.6) is 0 Å². The molecule has 2 nitrogen and oxygen atoms in total. The van der Waals surface area contributed by atoms with E-state index in [9.17, 15) is 5.11 Å². The lowest BCUT2D eigenvalue weighted by Gasteiger charge is -2.09. The van der Waals surface area contributed by atoms with Crippen molar-refractivity contribution in [3.8, 4) is 0 Å². The van der Waals surface area contributed by atoms with Gasteiger partial charge < -0.3 is 9.84 Å². The molecular weight excluding hydrogens is 210 g/mol. The topological polar surface area (TPSA) is 29.5 Å². The SMILES string of the molecule is O[C@@H]1C(CCl)O[C@H](CCl)[C@H]1Cl. The Labute approximate surface area is 80.4 Å². The average Bonchev–Trinajstić information content (AvgIpc) is 2.30. The fraction of sp³-hybridized carbons (Fsp3) is 1.00. The Morgan fingerprint density at radius 2 is 1.73 bits per heavy atom. The number of hydrogen-bond acceptors (Lipinski definition) is 2. The molecule has 0 aliphatic carbocycles. The lowest BCUT2D eigenvalue weighted by molar-refractivity contribution is 0.0320. The van der Waals surface area contributed by atoms with Gasteiger partial charge in [-0.25, -0.2) is 0 Å². The number of aliphatic hydroxyl groups is 1. The Kier molecular flexibility index (Phi) is 3.72. The molecule has 1 aliphatic rings. The molecule has 66 valence electrons. The summed E-state index contributed by atoms with van der Waals surface area (Å²) in [7, 11) is 0. The lowest BCUT2D eigenvalue weighted by atomic mass is 10.1. The van der Waals surface area contributed by atoms with E-state index in [2.05, 4.69) is 0 Å². The van der Waals surface area contributed by atoms with Gasteiger partial charge in [0.2, 0.25) is 0 Å². The number of ether oxygens (including phenoxy) is 1. The molecule has 0 saturated carbocycles. The molecule has 0 aromatic rings. The number of rotatable bonds is 2. The molecule has 0 aromatic heterocycles. The molecule has 0 bridgehead atoms. The van der Waals surface area contributed by atoms with Crippen LogP contribution in [-0.2, 0) is 4.74 Å². The molecule has 0 radical (unpaired) electrons. The maximum absolute atomic E-state index is 9.36. The van der Waals surface area contributed by atoms with Gasteiger partial charge in [0.05, 0.1) is 29.3 Å². The summed E-state index contributed by atoms with van der Waals surface area (Å²) in [5.41, 5.74) is 0. The second-order valence-electron chi connectivity index (χ2n) is 2.46. The maximum atomic E-state index is 9.36. The Bertz CT molecular complexity index is 115. The van der Waals surface area contributed by atoms with Crippen LogP contribution in [0.3, 0.4) is 0 Å². The van der Waals surface area contributed by atoms with Crippen LogP contribution in [0.25, 0.3) is 0 Å². The Morgan fingerprint density at radius 1 is 1.18 bits per heavy atom. The van der Waals surface area contributed by atoms with Gasteiger partial charge in [0.15, 0.2) is 0 Å². The van der Waals surface area contributed by atoms with Crippen LogP contribution in [0.4, 0.5) is 0 Å². The fourth-order valence-electron chi connectivity index (χ4n) is 1.05. The van der Waals surface area contributed by atoms with Crippen LogP contribution in [-0.4, -0.2) is 40.6 Å². The van der Waals surface area contributed by atoms with E-state index >= 15 is 0 Å². The van der Waals surface area contributed by atoms with Gasteiger partial charge in [0.1, 0.15) is 6.10 Å². The van der Waals surface area contributed by atoms with Crippen molar-refractivity contribution >= 4 is 34.8 Å². The van der Waals surface area contributed by atoms with Crippen LogP contribution in [0.15, 0.2) is 0 Å². The maximum Gasteiger partial charge on any atom is 0.100 e. The zero-order chi connectivity index (χ0) is 8.43. The van der Waals surface area contributed by atoms with E-state index in [-0.39, 0.29) is 18.1 Å². The molecule has 5 heteroatoms. The second-order valence-corrected chi connectivity index (χ2v) is 3.58. The molecular formula is C6H9Cl3O2. The summed E-state index contributed by atoms with van der Waals surface area (Å²) in [6, 6.07) is 0. The number of hydrogen-bond donors (Lipinski definition) is 1. The van der Waals surface area contributed by atoms with E-state index in [1.807, 2.05) is 0 Å². The first kappa shape index (κ1) is 9.87. The summed E-state index contributed by atoms with van der Waals surface area (Å²) < 4.78 is 5.24. The average molecular weight is 219 g/mol. The molecule has 1 fully saturated rings. The van der Waals surface area contributed by atoms with E-state index in [0.29, 0.717) is 5.88 Å². The number of alkyl halides is 3. The zero-order valence-corrected chi connectivity index (χ0v) is 7.98. The van der Waals surface area contributed by atoms with Gasteiger partial charge in [-0.1, -0.05) is 0 Å². The van der Waals surface area contributed by atoms with Gasteiger partial charge in [-0.15, -0.1) is 34.8 Å². The predicted molar refractivity (Wildman–Crippen MR) is 45.7 cm³/mol. The third-order valence-electron chi connectivity index (χ3n) is 1.72. The monoisotopic (exact) mass is 218 g/mol. The fourth-order valence-corrected chi connectivity index (χ4v) is 1.98. The molecule has 1 heterocycles. The van der Waals surface area contributed by atoms with E-state index in [0.717, 1.165) is 0 Å². The van der Waals surface area contributed by atoms with Gasteiger partial charge in [-0.3, -0.25) is 0 Å². The van der Waals surface area contributed by atoms with Gasteiger partial charge in [0.25, 0.3) is 0 Å². The first-order valence-electron chi connectivity index (χ1n) is 3.30. The van der Waals surface area contributed by atoms with Crippen LogP contribution >= 0.6 is 34.8 Å². The molecule has 1 saturated heterocycles. The van der Waals surface area contributed by atoms with Crippen molar-refractivity contribution in [2.75, 3.05) is 11.8 Å². The smallest absolute Gasteiger partial charge is 0.100 e. The molecule has 0 amide bonds. The Morgan fingerprint density at radius 3 is 2.00 bits per heavy atom. The Hall–Kier alpha value is 0.790. The molecule has 1 aliphatic heterocycles. The summed E-state index contributed by atoms with van der Waals surface area (Å²) in [6.07, 6.45) is -1.35. The van der Waals surface area contributed by atoms with Crippen molar-refractivity contribution in [3.63, 3.8) is 0 Å². The van der Waals surface area contributed by atoms with E-state index in [4.69, 9.17) is 39.5 Å². The standard InChI is InChI=1S/C6H9Cl3O2/c7-1-3-5(9)6(10)4(2-8)11-3/h3-6,10H,1-2H2/t3-,4?,5-,6-/m1/s1.